The quantitative estimate of drug-likeness (QED) is 0.280. The highest BCUT2D eigenvalue weighted by molar-refractivity contribution is 5.94. The molecule has 7 rings (SSSR count). The minimum Gasteiger partial charge on any atom is -0.387 e. The van der Waals surface area contributed by atoms with Crippen LogP contribution in [0.25, 0.3) is 0 Å². The fraction of sp³-hybridized carbons (Fsp3) is 0.724. The van der Waals surface area contributed by atoms with E-state index in [1.165, 1.54) is 49.0 Å². The van der Waals surface area contributed by atoms with E-state index in [1.807, 2.05) is 4.90 Å². The van der Waals surface area contributed by atoms with Crippen LogP contribution in [-0.2, 0) is 10.2 Å². The molecule has 40 heavy (non-hydrogen) atoms. The fourth-order valence-electron chi connectivity index (χ4n) is 7.51. The molecule has 2 saturated heterocycles. The lowest BCUT2D eigenvalue weighted by atomic mass is 9.66. The number of nitrogens with zero attached hydrogens (tertiary/aromatic N) is 4. The van der Waals surface area contributed by atoms with E-state index in [9.17, 15) is 10.2 Å². The van der Waals surface area contributed by atoms with Gasteiger partial charge in [0.25, 0.3) is 0 Å². The van der Waals surface area contributed by atoms with E-state index in [4.69, 9.17) is 10.5 Å². The van der Waals surface area contributed by atoms with Gasteiger partial charge in [0.1, 0.15) is 48.9 Å². The normalized spacial score (nSPS) is 39.6. The maximum Gasteiger partial charge on any atom is 0.142 e. The average molecular weight is 553 g/mol. The van der Waals surface area contributed by atoms with E-state index in [1.54, 1.807) is 0 Å². The highest BCUT2D eigenvalue weighted by atomic mass is 16.6. The molecule has 1 aromatic rings. The molecule has 4 fully saturated rings. The summed E-state index contributed by atoms with van der Waals surface area (Å²) in [5.74, 6) is 1.18. The molecule has 4 heterocycles. The van der Waals surface area contributed by atoms with Gasteiger partial charge < -0.3 is 36.2 Å². The van der Waals surface area contributed by atoms with Crippen molar-refractivity contribution in [2.75, 3.05) is 30.9 Å². The first-order valence-electron chi connectivity index (χ1n) is 15.0. The number of aliphatic hydroxyl groups excluding tert-OH is 2. The molecular formula is C29H44N8O3. The summed E-state index contributed by atoms with van der Waals surface area (Å²) in [5.41, 5.74) is 10.3. The van der Waals surface area contributed by atoms with Crippen molar-refractivity contribution < 1.29 is 14.9 Å². The number of aliphatic hydroxyl groups is 2. The Morgan fingerprint density at radius 2 is 1.95 bits per heavy atom. The average Bonchev–Trinajstić information content (AvgIpc) is 3.58. The minimum atomic E-state index is -1.01. The molecular weight excluding hydrogens is 508 g/mol. The van der Waals surface area contributed by atoms with Crippen LogP contribution in [-0.4, -0.2) is 101 Å². The van der Waals surface area contributed by atoms with Crippen LogP contribution in [0.4, 0.5) is 11.4 Å². The zero-order chi connectivity index (χ0) is 27.6. The monoisotopic (exact) mass is 552 g/mol. The molecule has 0 spiro atoms. The summed E-state index contributed by atoms with van der Waals surface area (Å²) in [5, 5.41) is 32.3. The first-order chi connectivity index (χ1) is 19.3. The third-order valence-corrected chi connectivity index (χ3v) is 10.5. The summed E-state index contributed by atoms with van der Waals surface area (Å²) in [7, 11) is 2.10. The summed E-state index contributed by atoms with van der Waals surface area (Å²) >= 11 is 0. The van der Waals surface area contributed by atoms with Crippen LogP contribution in [0.1, 0.15) is 57.4 Å². The molecule has 7 atom stereocenters. The standard InChI is InChI=1S/C29H44N8O3/c1-29(8-3-9-29)17-5-6-19-20(12-17)35-22(34-19)7-4-16-10-18(11-16)36(2)13-21-24(38)25(39)28(40-21)37-15-33-23-26(30)31-14-32-27(23)37/h5-6,12,14,16,18,21-25,27-28,33-35,38-39H,3-4,7-11,13,15H2,1-2H3,(H2,30,31,32)/t16?,18?,21-,22?,23?,24-,25-,27?,28-/m1/s1. The van der Waals surface area contributed by atoms with Crippen molar-refractivity contribution in [2.45, 2.75) is 106 Å². The number of anilines is 2. The maximum atomic E-state index is 10.8. The zero-order valence-corrected chi connectivity index (χ0v) is 23.5. The third kappa shape index (κ3) is 4.60. The van der Waals surface area contributed by atoms with Crippen LogP contribution in [0.15, 0.2) is 28.2 Å². The van der Waals surface area contributed by atoms with E-state index in [-0.39, 0.29) is 12.2 Å². The zero-order valence-electron chi connectivity index (χ0n) is 23.5. The molecule has 2 saturated carbocycles. The number of nitrogens with two attached hydrogens (primary N) is 1. The Bertz CT molecular complexity index is 1170. The molecule has 0 bridgehead atoms. The summed E-state index contributed by atoms with van der Waals surface area (Å²) < 4.78 is 6.23. The topological polar surface area (TPSA) is 143 Å². The van der Waals surface area contributed by atoms with Gasteiger partial charge in [-0.25, -0.2) is 9.89 Å². The Kier molecular flexibility index (Phi) is 6.80. The molecule has 11 heteroatoms. The Balaban J connectivity index is 0.858. The van der Waals surface area contributed by atoms with Crippen molar-refractivity contribution in [3.05, 3.63) is 23.8 Å². The highest BCUT2D eigenvalue weighted by Crippen LogP contribution is 2.46. The molecule has 1 aromatic carbocycles. The molecule has 0 amide bonds. The van der Waals surface area contributed by atoms with Crippen molar-refractivity contribution in [3.63, 3.8) is 0 Å². The number of ether oxygens (including phenoxy) is 1. The Labute approximate surface area is 236 Å². The molecule has 3 unspecified atom stereocenters. The van der Waals surface area contributed by atoms with Crippen LogP contribution in [0, 0.1) is 5.92 Å². The van der Waals surface area contributed by atoms with Crippen molar-refractivity contribution in [2.24, 2.45) is 21.6 Å². The first kappa shape index (κ1) is 26.6. The highest BCUT2D eigenvalue weighted by Gasteiger charge is 2.51. The number of amidine groups is 1. The lowest BCUT2D eigenvalue weighted by molar-refractivity contribution is -0.100. The number of hydrogen-bond acceptors (Lipinski definition) is 11. The molecule has 218 valence electrons. The van der Waals surface area contributed by atoms with Crippen LogP contribution in [0.5, 0.6) is 0 Å². The predicted octanol–water partition coefficient (Wildman–Crippen LogP) is 1.19. The van der Waals surface area contributed by atoms with Crippen molar-refractivity contribution in [1.29, 1.82) is 0 Å². The lowest BCUT2D eigenvalue weighted by Crippen LogP contribution is -2.51. The van der Waals surface area contributed by atoms with Crippen LogP contribution in [0.3, 0.4) is 0 Å². The molecule has 2 aliphatic carbocycles. The van der Waals surface area contributed by atoms with Crippen LogP contribution < -0.4 is 21.7 Å². The van der Waals surface area contributed by atoms with Crippen LogP contribution in [0.2, 0.25) is 0 Å². The van der Waals surface area contributed by atoms with Gasteiger partial charge in [-0.2, -0.15) is 0 Å². The first-order valence-corrected chi connectivity index (χ1v) is 15.0. The van der Waals surface area contributed by atoms with Gasteiger partial charge in [-0.15, -0.1) is 0 Å². The predicted molar refractivity (Wildman–Crippen MR) is 155 cm³/mol. The van der Waals surface area contributed by atoms with E-state index in [0.717, 1.165) is 19.3 Å². The number of aliphatic imine (C=N–C) groups is 2. The Morgan fingerprint density at radius 1 is 1.15 bits per heavy atom. The van der Waals surface area contributed by atoms with Crippen molar-refractivity contribution >= 4 is 23.5 Å². The molecule has 4 aliphatic heterocycles. The lowest BCUT2D eigenvalue weighted by Gasteiger charge is -2.42. The largest absolute Gasteiger partial charge is 0.387 e. The van der Waals surface area contributed by atoms with Gasteiger partial charge in [-0.3, -0.25) is 10.3 Å². The smallest absolute Gasteiger partial charge is 0.142 e. The van der Waals surface area contributed by atoms with E-state index < -0.39 is 24.5 Å². The number of hydrogen-bond donors (Lipinski definition) is 6. The Hall–Kier alpha value is -2.28. The second-order valence-electron chi connectivity index (χ2n) is 13.2. The van der Waals surface area contributed by atoms with Crippen molar-refractivity contribution in [1.82, 2.24) is 15.1 Å². The summed E-state index contributed by atoms with van der Waals surface area (Å²) in [4.78, 5) is 12.7. The third-order valence-electron chi connectivity index (χ3n) is 10.5. The molecule has 0 radical (unpaired) electrons. The van der Waals surface area contributed by atoms with Gasteiger partial charge in [0.15, 0.2) is 0 Å². The molecule has 0 aromatic heterocycles. The van der Waals surface area contributed by atoms with Gasteiger partial charge >= 0.3 is 0 Å². The van der Waals surface area contributed by atoms with Gasteiger partial charge in [-0.05, 0) is 74.6 Å². The van der Waals surface area contributed by atoms with Gasteiger partial charge in [0, 0.05) is 12.6 Å². The number of fused-ring (bicyclic) bond motifs is 2. The SMILES string of the molecule is CN(C[C@H]1O[C@@H](N2CNC3C(N)=NC=NC32)[C@H](O)[C@@H]1O)C1CC(CCC2Nc3ccc(C4(C)CCC4)cc3N2)C1. The summed E-state index contributed by atoms with van der Waals surface area (Å²) in [6, 6.07) is 7.19. The maximum absolute atomic E-state index is 10.8. The van der Waals surface area contributed by atoms with Gasteiger partial charge in [0.05, 0.1) is 24.2 Å². The van der Waals surface area contributed by atoms with Gasteiger partial charge in [-0.1, -0.05) is 19.4 Å². The molecule has 6 aliphatic rings. The van der Waals surface area contributed by atoms with Crippen LogP contribution >= 0.6 is 0 Å². The number of likely N-dealkylation sites (N-methyl/N-ethyl adjacent to an activating group) is 1. The summed E-state index contributed by atoms with van der Waals surface area (Å²) in [6.07, 6.45) is 6.93. The number of rotatable bonds is 8. The minimum absolute atomic E-state index is 0.205. The Morgan fingerprint density at radius 3 is 2.73 bits per heavy atom. The number of benzene rings is 1. The van der Waals surface area contributed by atoms with Gasteiger partial charge in [0.2, 0.25) is 0 Å². The second kappa shape index (κ2) is 10.2. The van der Waals surface area contributed by atoms with E-state index in [2.05, 4.69) is 63.0 Å². The van der Waals surface area contributed by atoms with Crippen molar-refractivity contribution in [3.8, 4) is 0 Å². The molecule has 7 N–H and O–H groups in total. The fourth-order valence-corrected chi connectivity index (χ4v) is 7.51. The number of nitrogens with one attached hydrogen (secondary N) is 3. The van der Waals surface area contributed by atoms with E-state index >= 15 is 0 Å². The van der Waals surface area contributed by atoms with E-state index in [0.29, 0.717) is 42.6 Å². The summed E-state index contributed by atoms with van der Waals surface area (Å²) in [6.45, 7) is 3.43. The second-order valence-corrected chi connectivity index (χ2v) is 13.2. The molecule has 11 nitrogen and oxygen atoms in total.